The third-order valence-corrected chi connectivity index (χ3v) is 3.63. The van der Waals surface area contributed by atoms with E-state index in [1.54, 1.807) is 6.08 Å². The quantitative estimate of drug-likeness (QED) is 0.818. The molecule has 2 heterocycles. The number of halogens is 3. The Bertz CT molecular complexity index is 672. The molecule has 1 saturated carbocycles. The molecule has 2 aromatic rings. The summed E-state index contributed by atoms with van der Waals surface area (Å²) in [6.07, 6.45) is -1.13. The second-order valence-electron chi connectivity index (χ2n) is 5.56. The van der Waals surface area contributed by atoms with E-state index in [4.69, 9.17) is 8.94 Å². The SMILES string of the molecule is CC1CC1c1ccc(/C=C/c2nc(CCC(F)(F)F)no2)o1. The largest absolute Gasteiger partial charge is 0.461 e. The minimum atomic E-state index is -4.22. The van der Waals surface area contributed by atoms with Crippen molar-refractivity contribution in [1.29, 1.82) is 0 Å². The Balaban J connectivity index is 1.58. The maximum absolute atomic E-state index is 12.1. The van der Waals surface area contributed by atoms with E-state index in [0.717, 1.165) is 12.2 Å². The molecule has 0 amide bonds. The van der Waals surface area contributed by atoms with E-state index in [0.29, 0.717) is 17.6 Å². The molecular weight excluding hydrogens is 297 g/mol. The molecule has 0 N–H and O–H groups in total. The van der Waals surface area contributed by atoms with Gasteiger partial charge in [0.15, 0.2) is 5.82 Å². The molecule has 7 heteroatoms. The molecule has 1 fully saturated rings. The van der Waals surface area contributed by atoms with Crippen LogP contribution in [0.3, 0.4) is 0 Å². The Labute approximate surface area is 125 Å². The van der Waals surface area contributed by atoms with Crippen LogP contribution in [0.2, 0.25) is 0 Å². The van der Waals surface area contributed by atoms with Gasteiger partial charge in [-0.1, -0.05) is 12.1 Å². The molecule has 0 spiro atoms. The highest BCUT2D eigenvalue weighted by Gasteiger charge is 2.36. The van der Waals surface area contributed by atoms with Crippen LogP contribution in [0.5, 0.6) is 0 Å². The number of hydrogen-bond donors (Lipinski definition) is 0. The third kappa shape index (κ3) is 3.78. The molecule has 1 aliphatic rings. The van der Waals surface area contributed by atoms with E-state index in [2.05, 4.69) is 17.1 Å². The average Bonchev–Trinajstić information content (AvgIpc) is 2.90. The summed E-state index contributed by atoms with van der Waals surface area (Å²) in [7, 11) is 0. The lowest BCUT2D eigenvalue weighted by molar-refractivity contribution is -0.134. The van der Waals surface area contributed by atoms with Gasteiger partial charge < -0.3 is 8.94 Å². The van der Waals surface area contributed by atoms with E-state index in [1.807, 2.05) is 12.1 Å². The van der Waals surface area contributed by atoms with Crippen molar-refractivity contribution in [3.8, 4) is 0 Å². The summed E-state index contributed by atoms with van der Waals surface area (Å²) in [5.74, 6) is 2.99. The zero-order valence-corrected chi connectivity index (χ0v) is 11.9. The Hall–Kier alpha value is -2.05. The van der Waals surface area contributed by atoms with Crippen LogP contribution in [-0.4, -0.2) is 16.3 Å². The molecule has 0 radical (unpaired) electrons. The molecule has 4 nitrogen and oxygen atoms in total. The van der Waals surface area contributed by atoms with Crippen molar-refractivity contribution in [2.75, 3.05) is 0 Å². The summed E-state index contributed by atoms with van der Waals surface area (Å²) in [6, 6.07) is 3.79. The summed E-state index contributed by atoms with van der Waals surface area (Å²) in [6.45, 7) is 2.17. The molecule has 2 aromatic heterocycles. The average molecular weight is 312 g/mol. The van der Waals surface area contributed by atoms with Gasteiger partial charge in [0.25, 0.3) is 5.89 Å². The first-order valence-electron chi connectivity index (χ1n) is 7.08. The molecule has 3 rings (SSSR count). The summed E-state index contributed by atoms with van der Waals surface area (Å²) >= 11 is 0. The van der Waals surface area contributed by atoms with Gasteiger partial charge >= 0.3 is 6.18 Å². The van der Waals surface area contributed by atoms with Crippen LogP contribution in [0.1, 0.15) is 48.9 Å². The highest BCUT2D eigenvalue weighted by molar-refractivity contribution is 5.63. The van der Waals surface area contributed by atoms with Crippen LogP contribution in [0, 0.1) is 5.92 Å². The van der Waals surface area contributed by atoms with Gasteiger partial charge in [-0.15, -0.1) is 0 Å². The smallest absolute Gasteiger partial charge is 0.389 e. The van der Waals surface area contributed by atoms with Crippen molar-refractivity contribution in [2.24, 2.45) is 5.92 Å². The van der Waals surface area contributed by atoms with Crippen LogP contribution < -0.4 is 0 Å². The number of hydrogen-bond acceptors (Lipinski definition) is 4. The lowest BCUT2D eigenvalue weighted by Gasteiger charge is -2.01. The van der Waals surface area contributed by atoms with Crippen LogP contribution in [-0.2, 0) is 6.42 Å². The molecule has 2 atom stereocenters. The second kappa shape index (κ2) is 5.62. The summed E-state index contributed by atoms with van der Waals surface area (Å²) < 4.78 is 46.9. The first kappa shape index (κ1) is 14.9. The van der Waals surface area contributed by atoms with Crippen molar-refractivity contribution in [3.05, 3.63) is 35.4 Å². The third-order valence-electron chi connectivity index (χ3n) is 3.63. The molecule has 0 saturated heterocycles. The number of alkyl halides is 3. The maximum Gasteiger partial charge on any atom is 0.389 e. The van der Waals surface area contributed by atoms with E-state index in [-0.39, 0.29) is 18.1 Å². The van der Waals surface area contributed by atoms with Crippen LogP contribution >= 0.6 is 0 Å². The molecule has 1 aliphatic carbocycles. The molecule has 0 bridgehead atoms. The van der Waals surface area contributed by atoms with Gasteiger partial charge in [0.1, 0.15) is 11.5 Å². The fourth-order valence-corrected chi connectivity index (χ4v) is 2.22. The molecule has 22 heavy (non-hydrogen) atoms. The number of aromatic nitrogens is 2. The number of furan rings is 1. The van der Waals surface area contributed by atoms with Gasteiger partial charge in [-0.2, -0.15) is 18.2 Å². The van der Waals surface area contributed by atoms with Crippen molar-refractivity contribution in [1.82, 2.24) is 10.1 Å². The topological polar surface area (TPSA) is 52.1 Å². The van der Waals surface area contributed by atoms with E-state index < -0.39 is 12.6 Å². The van der Waals surface area contributed by atoms with Crippen LogP contribution in [0.4, 0.5) is 13.2 Å². The fourth-order valence-electron chi connectivity index (χ4n) is 2.22. The number of rotatable bonds is 5. The van der Waals surface area contributed by atoms with E-state index >= 15 is 0 Å². The molecule has 118 valence electrons. The summed E-state index contributed by atoms with van der Waals surface area (Å²) in [5.41, 5.74) is 0. The first-order chi connectivity index (χ1) is 10.4. The zero-order chi connectivity index (χ0) is 15.7. The normalized spacial score (nSPS) is 21.6. The monoisotopic (exact) mass is 312 g/mol. The standard InChI is InChI=1S/C15H15F3N2O2/c1-9-8-11(9)12-4-2-10(21-12)3-5-14-19-13(20-22-14)6-7-15(16,17)18/h2-5,9,11H,6-8H2,1H3/b5-3+. The lowest BCUT2D eigenvalue weighted by Crippen LogP contribution is -2.09. The van der Waals surface area contributed by atoms with Crippen molar-refractivity contribution in [3.63, 3.8) is 0 Å². The van der Waals surface area contributed by atoms with Crippen LogP contribution in [0.15, 0.2) is 21.1 Å². The van der Waals surface area contributed by atoms with Crippen LogP contribution in [0.25, 0.3) is 12.2 Å². The Kier molecular flexibility index (Phi) is 3.80. The Morgan fingerprint density at radius 3 is 2.77 bits per heavy atom. The summed E-state index contributed by atoms with van der Waals surface area (Å²) in [4.78, 5) is 3.89. The highest BCUT2D eigenvalue weighted by Crippen LogP contribution is 2.47. The minimum Gasteiger partial charge on any atom is -0.461 e. The van der Waals surface area contributed by atoms with Gasteiger partial charge in [-0.25, -0.2) is 0 Å². The van der Waals surface area contributed by atoms with Crippen molar-refractivity contribution in [2.45, 2.75) is 38.3 Å². The predicted molar refractivity (Wildman–Crippen MR) is 72.8 cm³/mol. The zero-order valence-electron chi connectivity index (χ0n) is 11.9. The summed E-state index contributed by atoms with van der Waals surface area (Å²) in [5, 5.41) is 3.52. The lowest BCUT2D eigenvalue weighted by atomic mass is 10.3. The Morgan fingerprint density at radius 1 is 1.32 bits per heavy atom. The van der Waals surface area contributed by atoms with Gasteiger partial charge in [0.05, 0.1) is 6.42 Å². The first-order valence-corrected chi connectivity index (χ1v) is 7.08. The molecule has 0 aliphatic heterocycles. The predicted octanol–water partition coefficient (Wildman–Crippen LogP) is 4.45. The molecule has 2 unspecified atom stereocenters. The number of nitrogens with zero attached hydrogens (tertiary/aromatic N) is 2. The highest BCUT2D eigenvalue weighted by atomic mass is 19.4. The van der Waals surface area contributed by atoms with E-state index in [9.17, 15) is 13.2 Å². The molecular formula is C15H15F3N2O2. The minimum absolute atomic E-state index is 0.0453. The van der Waals surface area contributed by atoms with Gasteiger partial charge in [-0.05, 0) is 30.5 Å². The Morgan fingerprint density at radius 2 is 2.09 bits per heavy atom. The fraction of sp³-hybridized carbons (Fsp3) is 0.467. The second-order valence-corrected chi connectivity index (χ2v) is 5.56. The van der Waals surface area contributed by atoms with Crippen molar-refractivity contribution < 1.29 is 22.1 Å². The van der Waals surface area contributed by atoms with E-state index in [1.165, 1.54) is 6.08 Å². The van der Waals surface area contributed by atoms with Crippen molar-refractivity contribution >= 4 is 12.2 Å². The maximum atomic E-state index is 12.1. The van der Waals surface area contributed by atoms with Gasteiger partial charge in [0, 0.05) is 18.4 Å². The number of aryl methyl sites for hydroxylation is 1. The van der Waals surface area contributed by atoms with Gasteiger partial charge in [-0.3, -0.25) is 0 Å². The molecule has 0 aromatic carbocycles. The van der Waals surface area contributed by atoms with Gasteiger partial charge in [0.2, 0.25) is 0 Å².